The first kappa shape index (κ1) is 26.8. The predicted molar refractivity (Wildman–Crippen MR) is 134 cm³/mol. The Bertz CT molecular complexity index is 1270. The molecular formula is C24H30FN3O5S2. The smallest absolute Gasteiger partial charge is 0.398 e. The Morgan fingerprint density at radius 2 is 2.03 bits per heavy atom. The first-order valence-electron chi connectivity index (χ1n) is 11.1. The van der Waals surface area contributed by atoms with E-state index in [4.69, 9.17) is 4.74 Å². The van der Waals surface area contributed by atoms with Crippen molar-refractivity contribution in [3.63, 3.8) is 0 Å². The summed E-state index contributed by atoms with van der Waals surface area (Å²) in [7, 11) is -3.33. The zero-order chi connectivity index (χ0) is 25.9. The summed E-state index contributed by atoms with van der Waals surface area (Å²) in [6.45, 7) is 8.57. The number of amides is 1. The first-order valence-corrected chi connectivity index (χ1v) is 13.0. The van der Waals surface area contributed by atoms with Crippen molar-refractivity contribution in [3.05, 3.63) is 58.7 Å². The van der Waals surface area contributed by atoms with Crippen LogP contribution in [0.25, 0.3) is 11.1 Å². The lowest BCUT2D eigenvalue weighted by atomic mass is 10.0. The van der Waals surface area contributed by atoms with Gasteiger partial charge in [-0.25, -0.2) is 26.9 Å². The van der Waals surface area contributed by atoms with E-state index in [2.05, 4.69) is 4.98 Å². The van der Waals surface area contributed by atoms with Gasteiger partial charge in [0.15, 0.2) is 5.06 Å². The molecule has 8 nitrogen and oxygen atoms in total. The molecule has 0 unspecified atom stereocenters. The molecule has 2 heterocycles. The third kappa shape index (κ3) is 7.12. The Balaban J connectivity index is 1.94. The summed E-state index contributed by atoms with van der Waals surface area (Å²) in [4.78, 5) is 17.8. The molecule has 1 amide bonds. The third-order valence-electron chi connectivity index (χ3n) is 5.11. The summed E-state index contributed by atoms with van der Waals surface area (Å²) in [5.74, 6) is 0.673. The quantitative estimate of drug-likeness (QED) is 0.403. The number of imidazole rings is 1. The van der Waals surface area contributed by atoms with E-state index in [1.807, 2.05) is 31.4 Å². The number of rotatable bonds is 9. The molecule has 11 heteroatoms. The van der Waals surface area contributed by atoms with Crippen LogP contribution in [0.4, 0.5) is 9.18 Å². The van der Waals surface area contributed by atoms with Crippen molar-refractivity contribution in [2.75, 3.05) is 6.54 Å². The zero-order valence-corrected chi connectivity index (χ0v) is 22.0. The number of nitrogens with zero attached hydrogens (tertiary/aromatic N) is 3. The fourth-order valence-electron chi connectivity index (χ4n) is 3.49. The maximum Gasteiger partial charge on any atom is 0.429 e. The van der Waals surface area contributed by atoms with Gasteiger partial charge in [0.05, 0.1) is 18.7 Å². The summed E-state index contributed by atoms with van der Waals surface area (Å²) in [5, 5.41) is 10.2. The highest BCUT2D eigenvalue weighted by atomic mass is 32.2. The fraction of sp³-hybridized carbons (Fsp3) is 0.417. The van der Waals surface area contributed by atoms with Crippen molar-refractivity contribution in [2.45, 2.75) is 53.2 Å². The maximum absolute atomic E-state index is 15.0. The van der Waals surface area contributed by atoms with E-state index in [0.29, 0.717) is 39.9 Å². The predicted octanol–water partition coefficient (Wildman–Crippen LogP) is 4.40. The molecule has 1 aromatic carbocycles. The largest absolute Gasteiger partial charge is 0.429 e. The highest BCUT2D eigenvalue weighted by Crippen LogP contribution is 2.40. The summed E-state index contributed by atoms with van der Waals surface area (Å²) in [6, 6.07) is 6.62. The molecule has 35 heavy (non-hydrogen) atoms. The van der Waals surface area contributed by atoms with E-state index < -0.39 is 34.9 Å². The fourth-order valence-corrected chi connectivity index (χ4v) is 5.36. The van der Waals surface area contributed by atoms with E-state index in [-0.39, 0.29) is 5.06 Å². The van der Waals surface area contributed by atoms with Gasteiger partial charge in [-0.05, 0) is 50.8 Å². The van der Waals surface area contributed by atoms with Crippen LogP contribution in [-0.4, -0.2) is 45.6 Å². The number of carbonyl (C=O) groups is 1. The zero-order valence-electron chi connectivity index (χ0n) is 20.3. The van der Waals surface area contributed by atoms with Gasteiger partial charge in [-0.1, -0.05) is 26.0 Å². The number of thiophene rings is 1. The Hall–Kier alpha value is -2.76. The van der Waals surface area contributed by atoms with Crippen LogP contribution in [0.15, 0.2) is 36.7 Å². The molecule has 1 N–H and O–H groups in total. The molecule has 3 rings (SSSR count). The summed E-state index contributed by atoms with van der Waals surface area (Å²) in [6.07, 6.45) is 3.01. The van der Waals surface area contributed by atoms with Crippen molar-refractivity contribution in [2.24, 2.45) is 5.92 Å². The second-order valence-electron chi connectivity index (χ2n) is 9.40. The minimum absolute atomic E-state index is 0.167. The molecule has 0 saturated carbocycles. The van der Waals surface area contributed by atoms with Crippen molar-refractivity contribution >= 4 is 28.3 Å². The van der Waals surface area contributed by atoms with Gasteiger partial charge in [0.1, 0.15) is 11.6 Å². The number of benzene rings is 1. The molecule has 0 radical (unpaired) electrons. The van der Waals surface area contributed by atoms with E-state index in [1.165, 1.54) is 31.3 Å². The number of hydrogen-bond donors (Lipinski definition) is 2. The van der Waals surface area contributed by atoms with Gasteiger partial charge in [-0.3, -0.25) is 0 Å². The van der Waals surface area contributed by atoms with Crippen molar-refractivity contribution in [1.29, 1.82) is 0 Å². The lowest BCUT2D eigenvalue weighted by molar-refractivity contribution is 0.0601. The van der Waals surface area contributed by atoms with Crippen molar-refractivity contribution in [3.8, 4) is 16.2 Å². The van der Waals surface area contributed by atoms with Gasteiger partial charge in [-0.2, -0.15) is 0 Å². The van der Waals surface area contributed by atoms with Gasteiger partial charge < -0.3 is 14.4 Å². The van der Waals surface area contributed by atoms with E-state index in [9.17, 15) is 18.3 Å². The second-order valence-corrected chi connectivity index (χ2v) is 11.5. The number of thiol groups is 1. The average Bonchev–Trinajstić information content (AvgIpc) is 3.32. The molecule has 0 saturated heterocycles. The van der Waals surface area contributed by atoms with Crippen LogP contribution >= 0.6 is 11.3 Å². The van der Waals surface area contributed by atoms with Gasteiger partial charge in [0, 0.05) is 28.4 Å². The Morgan fingerprint density at radius 1 is 1.31 bits per heavy atom. The highest BCUT2D eigenvalue weighted by Gasteiger charge is 2.28. The van der Waals surface area contributed by atoms with Crippen LogP contribution in [-0.2, 0) is 23.9 Å². The van der Waals surface area contributed by atoms with Crippen LogP contribution in [0, 0.1) is 18.7 Å². The summed E-state index contributed by atoms with van der Waals surface area (Å²) in [5.41, 5.74) is 0.0312. The van der Waals surface area contributed by atoms with Crippen LogP contribution in [0.3, 0.4) is 0 Å². The van der Waals surface area contributed by atoms with E-state index in [1.54, 1.807) is 24.5 Å². The number of hydrogen-bond acceptors (Lipinski definition) is 7. The number of ether oxygens (including phenoxy) is 1. The summed E-state index contributed by atoms with van der Waals surface area (Å²) < 4.78 is 46.1. The number of aromatic nitrogens is 2. The van der Waals surface area contributed by atoms with E-state index >= 15 is 4.39 Å². The summed E-state index contributed by atoms with van der Waals surface area (Å²) >= 11 is 1.21. The second kappa shape index (κ2) is 10.9. The third-order valence-corrected chi connectivity index (χ3v) is 6.85. The van der Waals surface area contributed by atoms with Gasteiger partial charge >= 0.3 is 6.09 Å². The van der Waals surface area contributed by atoms with E-state index in [0.717, 1.165) is 10.7 Å². The molecule has 0 spiro atoms. The van der Waals surface area contributed by atoms with Gasteiger partial charge in [0.25, 0.3) is 0 Å². The molecule has 0 fully saturated rings. The minimum atomic E-state index is -3.33. The van der Waals surface area contributed by atoms with Crippen LogP contribution < -0.4 is 4.74 Å². The lowest BCUT2D eigenvalue weighted by Crippen LogP contribution is -2.42. The number of aliphatic hydroxyl groups is 1. The normalized spacial score (nSPS) is 11.9. The van der Waals surface area contributed by atoms with Crippen molar-refractivity contribution < 1.29 is 27.4 Å². The number of carbonyl (C=O) groups excluding carboxylic acids is 1. The topological polar surface area (TPSA) is 102 Å². The maximum atomic E-state index is 15.0. The molecule has 0 aliphatic rings. The average molecular weight is 524 g/mol. The molecule has 2 aromatic heterocycles. The standard InChI is InChI=1S/C24H30FN3O5S2/c1-15(2)10-19-12-20(22(34-19)33-23(29)28(35(31)32)14-24(4,5)30)17-6-7-18(21(25)11-17)13-27-9-8-26-16(27)3/h6-9,11-12,15,30,35H,10,13-14H2,1-5H3. The first-order chi connectivity index (χ1) is 16.3. The van der Waals surface area contributed by atoms with Crippen molar-refractivity contribution in [1.82, 2.24) is 13.9 Å². The highest BCUT2D eigenvalue weighted by molar-refractivity contribution is 7.70. The van der Waals surface area contributed by atoms with Gasteiger partial charge in [-0.15, -0.1) is 11.3 Å². The van der Waals surface area contributed by atoms with Crippen LogP contribution in [0.5, 0.6) is 5.06 Å². The van der Waals surface area contributed by atoms with Crippen LogP contribution in [0.2, 0.25) is 0 Å². The molecule has 0 bridgehead atoms. The number of halogens is 1. The molecular weight excluding hydrogens is 493 g/mol. The molecule has 190 valence electrons. The Morgan fingerprint density at radius 3 is 2.57 bits per heavy atom. The molecule has 0 aliphatic heterocycles. The number of aryl methyl sites for hydroxylation is 1. The minimum Gasteiger partial charge on any atom is -0.398 e. The molecule has 0 atom stereocenters. The SMILES string of the molecule is Cc1nccn1Cc1ccc(-c2cc(CC(C)C)sc2OC(=O)N(CC(C)(C)O)[SH](=O)=O)cc1F. The molecule has 3 aromatic rings. The monoisotopic (exact) mass is 523 g/mol. The van der Waals surface area contributed by atoms with Crippen LogP contribution in [0.1, 0.15) is 44.0 Å². The molecule has 0 aliphatic carbocycles. The van der Waals surface area contributed by atoms with Gasteiger partial charge in [0.2, 0.25) is 10.9 Å². The Labute approximate surface area is 210 Å². The Kier molecular flexibility index (Phi) is 8.34. The lowest BCUT2D eigenvalue weighted by Gasteiger charge is -2.23.